The summed E-state index contributed by atoms with van der Waals surface area (Å²) in [5.41, 5.74) is 4.56. The van der Waals surface area contributed by atoms with Crippen molar-refractivity contribution in [3.05, 3.63) is 94.9 Å². The monoisotopic (exact) mass is 626 g/mol. The van der Waals surface area contributed by atoms with E-state index in [0.29, 0.717) is 29.0 Å². The Kier molecular flexibility index (Phi) is 9.52. The lowest BCUT2D eigenvalue weighted by atomic mass is 9.92. The molecule has 0 unspecified atom stereocenters. The summed E-state index contributed by atoms with van der Waals surface area (Å²) in [7, 11) is 3.86. The van der Waals surface area contributed by atoms with E-state index in [9.17, 15) is 23.6 Å². The van der Waals surface area contributed by atoms with Crippen molar-refractivity contribution in [2.24, 2.45) is 0 Å². The minimum atomic E-state index is -1.06. The van der Waals surface area contributed by atoms with Crippen molar-refractivity contribution in [3.8, 4) is 0 Å². The van der Waals surface area contributed by atoms with Crippen molar-refractivity contribution in [1.29, 1.82) is 0 Å². The predicted octanol–water partition coefficient (Wildman–Crippen LogP) is 5.05. The molecule has 0 aliphatic carbocycles. The predicted molar refractivity (Wildman–Crippen MR) is 177 cm³/mol. The summed E-state index contributed by atoms with van der Waals surface area (Å²) >= 11 is 0. The van der Waals surface area contributed by atoms with E-state index >= 15 is 0 Å². The van der Waals surface area contributed by atoms with Crippen LogP contribution < -0.4 is 15.5 Å². The number of ketones is 1. The van der Waals surface area contributed by atoms with Crippen LogP contribution in [0.4, 0.5) is 20.6 Å². The van der Waals surface area contributed by atoms with Crippen molar-refractivity contribution in [2.45, 2.75) is 39.3 Å². The first-order valence-electron chi connectivity index (χ1n) is 15.2. The van der Waals surface area contributed by atoms with Gasteiger partial charge in [0.05, 0.1) is 5.69 Å². The largest absolute Gasteiger partial charge is 0.361 e. The summed E-state index contributed by atoms with van der Waals surface area (Å²) < 4.78 is 13.7. The van der Waals surface area contributed by atoms with Gasteiger partial charge in [-0.05, 0) is 81.0 Å². The van der Waals surface area contributed by atoms with Crippen molar-refractivity contribution in [3.63, 3.8) is 0 Å². The SMILES string of the molecule is CC(=O)c1ccc(CN(C)C)cc1NC(=O)[C@H](NC(=O)N1CCN(c2ccc(F)cc2C)C(=O)C1)[C@@H](C)c1c[nH]c2ccccc12. The summed E-state index contributed by atoms with van der Waals surface area (Å²) in [5.74, 6) is -1.90. The van der Waals surface area contributed by atoms with Crippen LogP contribution in [0.5, 0.6) is 0 Å². The van der Waals surface area contributed by atoms with Gasteiger partial charge in [0.2, 0.25) is 11.8 Å². The minimum absolute atomic E-state index is 0.204. The van der Waals surface area contributed by atoms with Gasteiger partial charge in [-0.15, -0.1) is 0 Å². The number of aromatic amines is 1. The maximum absolute atomic E-state index is 14.1. The number of rotatable bonds is 9. The van der Waals surface area contributed by atoms with E-state index in [-0.39, 0.29) is 37.1 Å². The number of hydrogen-bond donors (Lipinski definition) is 3. The third-order valence-corrected chi connectivity index (χ3v) is 8.35. The quantitative estimate of drug-likeness (QED) is 0.225. The van der Waals surface area contributed by atoms with Crippen LogP contribution in [0, 0.1) is 12.7 Å². The first-order valence-corrected chi connectivity index (χ1v) is 15.2. The maximum atomic E-state index is 14.1. The molecule has 4 amide bonds. The Morgan fingerprint density at radius 1 is 1.04 bits per heavy atom. The Hall–Kier alpha value is -5.03. The normalized spacial score (nSPS) is 14.8. The third kappa shape index (κ3) is 6.94. The number of aromatic nitrogens is 1. The summed E-state index contributed by atoms with van der Waals surface area (Å²) in [6, 6.07) is 15.6. The molecular formula is C35H39FN6O4. The molecule has 1 aliphatic heterocycles. The Morgan fingerprint density at radius 2 is 1.80 bits per heavy atom. The number of benzene rings is 3. The molecule has 5 rings (SSSR count). The van der Waals surface area contributed by atoms with Crippen molar-refractivity contribution < 1.29 is 23.6 Å². The molecule has 11 heteroatoms. The second kappa shape index (κ2) is 13.5. The number of piperazine rings is 1. The number of fused-ring (bicyclic) bond motifs is 1. The summed E-state index contributed by atoms with van der Waals surface area (Å²) in [6.45, 7) is 5.85. The lowest BCUT2D eigenvalue weighted by Gasteiger charge is -2.36. The lowest BCUT2D eigenvalue weighted by molar-refractivity contribution is -0.120. The standard InChI is InChI=1S/C35H39FN6O4/c1-21-16-25(36)11-13-31(21)42-15-14-41(20-32(42)44)35(46)39-33(22(2)28-18-37-29-9-7-6-8-27(28)29)34(45)38-30-17-24(19-40(4)5)10-12-26(30)23(3)43/h6-13,16-18,22,33,37H,14-15,19-20H2,1-5H3,(H,38,45)(H,39,46)/t22-,33+/m0/s1. The molecule has 3 N–H and O–H groups in total. The van der Waals surface area contributed by atoms with Crippen LogP contribution in [0.2, 0.25) is 0 Å². The van der Waals surface area contributed by atoms with Gasteiger partial charge in [-0.1, -0.05) is 31.2 Å². The maximum Gasteiger partial charge on any atom is 0.318 e. The van der Waals surface area contributed by atoms with Gasteiger partial charge in [0.25, 0.3) is 0 Å². The van der Waals surface area contributed by atoms with Crippen molar-refractivity contribution in [2.75, 3.05) is 43.9 Å². The van der Waals surface area contributed by atoms with Crippen LogP contribution >= 0.6 is 0 Å². The molecule has 1 saturated heterocycles. The number of halogens is 1. The second-order valence-electron chi connectivity index (χ2n) is 12.1. The molecule has 10 nitrogen and oxygen atoms in total. The Labute approximate surface area is 267 Å². The van der Waals surface area contributed by atoms with E-state index in [4.69, 9.17) is 0 Å². The van der Waals surface area contributed by atoms with Crippen LogP contribution in [0.15, 0.2) is 66.9 Å². The zero-order valence-corrected chi connectivity index (χ0v) is 26.7. The van der Waals surface area contributed by atoms with E-state index in [1.807, 2.05) is 62.4 Å². The number of nitrogens with one attached hydrogen (secondary N) is 3. The van der Waals surface area contributed by atoms with E-state index < -0.39 is 23.9 Å². The molecule has 0 bridgehead atoms. The number of aryl methyl sites for hydroxylation is 1. The van der Waals surface area contributed by atoms with Crippen molar-refractivity contribution >= 4 is 45.9 Å². The van der Waals surface area contributed by atoms with Crippen LogP contribution in [-0.2, 0) is 16.1 Å². The fourth-order valence-corrected chi connectivity index (χ4v) is 5.99. The van der Waals surface area contributed by atoms with Gasteiger partial charge in [-0.3, -0.25) is 14.4 Å². The molecule has 2 atom stereocenters. The zero-order chi connectivity index (χ0) is 33.1. The van der Waals surface area contributed by atoms with Gasteiger partial charge in [-0.25, -0.2) is 9.18 Å². The van der Waals surface area contributed by atoms with Crippen LogP contribution in [0.3, 0.4) is 0 Å². The van der Waals surface area contributed by atoms with Crippen LogP contribution in [-0.4, -0.2) is 78.2 Å². The molecule has 1 aromatic heterocycles. The highest BCUT2D eigenvalue weighted by Crippen LogP contribution is 2.30. The molecule has 1 aliphatic rings. The highest BCUT2D eigenvalue weighted by Gasteiger charge is 2.34. The second-order valence-corrected chi connectivity index (χ2v) is 12.1. The molecular weight excluding hydrogens is 587 g/mol. The minimum Gasteiger partial charge on any atom is -0.361 e. The summed E-state index contributed by atoms with van der Waals surface area (Å²) in [4.78, 5) is 61.6. The van der Waals surface area contributed by atoms with E-state index in [2.05, 4.69) is 15.6 Å². The average molecular weight is 627 g/mol. The molecule has 1 fully saturated rings. The lowest BCUT2D eigenvalue weighted by Crippen LogP contribution is -2.58. The van der Waals surface area contributed by atoms with E-state index in [1.54, 1.807) is 30.0 Å². The molecule has 2 heterocycles. The number of para-hydroxylation sites is 1. The Balaban J connectivity index is 1.41. The number of carbonyl (C=O) groups excluding carboxylic acids is 4. The Bertz CT molecular complexity index is 1800. The van der Waals surface area contributed by atoms with Gasteiger partial charge in [-0.2, -0.15) is 0 Å². The van der Waals surface area contributed by atoms with Crippen LogP contribution in [0.25, 0.3) is 10.9 Å². The highest BCUT2D eigenvalue weighted by molar-refractivity contribution is 6.06. The fourth-order valence-electron chi connectivity index (χ4n) is 5.99. The number of Topliss-reactive ketones (excluding diaryl/α,β-unsaturated/α-hetero) is 1. The average Bonchev–Trinajstić information content (AvgIpc) is 3.43. The molecule has 0 radical (unpaired) electrons. The molecule has 0 spiro atoms. The number of urea groups is 1. The Morgan fingerprint density at radius 3 is 2.50 bits per heavy atom. The van der Waals surface area contributed by atoms with Gasteiger partial charge >= 0.3 is 6.03 Å². The van der Waals surface area contributed by atoms with E-state index in [1.165, 1.54) is 24.0 Å². The smallest absolute Gasteiger partial charge is 0.318 e. The highest BCUT2D eigenvalue weighted by atomic mass is 19.1. The van der Waals surface area contributed by atoms with Gasteiger partial charge < -0.3 is 30.3 Å². The molecule has 4 aromatic rings. The number of nitrogens with zero attached hydrogens (tertiary/aromatic N) is 3. The number of hydrogen-bond acceptors (Lipinski definition) is 5. The first kappa shape index (κ1) is 32.4. The summed E-state index contributed by atoms with van der Waals surface area (Å²) in [6.07, 6.45) is 1.83. The number of H-pyrrole nitrogens is 1. The molecule has 3 aromatic carbocycles. The zero-order valence-electron chi connectivity index (χ0n) is 26.7. The number of anilines is 2. The van der Waals surface area contributed by atoms with Gasteiger partial charge in [0, 0.05) is 53.9 Å². The molecule has 240 valence electrons. The van der Waals surface area contributed by atoms with E-state index in [0.717, 1.165) is 22.0 Å². The van der Waals surface area contributed by atoms with Gasteiger partial charge in [0.15, 0.2) is 5.78 Å². The summed E-state index contributed by atoms with van der Waals surface area (Å²) in [5, 5.41) is 6.74. The van der Waals surface area contributed by atoms with Crippen molar-refractivity contribution in [1.82, 2.24) is 20.1 Å². The third-order valence-electron chi connectivity index (χ3n) is 8.35. The number of carbonyl (C=O) groups is 4. The van der Waals surface area contributed by atoms with Crippen LogP contribution in [0.1, 0.15) is 46.8 Å². The first-order chi connectivity index (χ1) is 21.9. The molecule has 0 saturated carbocycles. The fraction of sp³-hybridized carbons (Fsp3) is 0.314. The topological polar surface area (TPSA) is 118 Å². The van der Waals surface area contributed by atoms with Gasteiger partial charge in [0.1, 0.15) is 18.4 Å². The molecule has 46 heavy (non-hydrogen) atoms. The number of amides is 4.